The fourth-order valence-electron chi connectivity index (χ4n) is 0. The van der Waals surface area contributed by atoms with Crippen molar-refractivity contribution in [3.63, 3.8) is 0 Å². The summed E-state index contributed by atoms with van der Waals surface area (Å²) < 4.78 is 0. The molecule has 11 heavy (non-hydrogen) atoms. The van der Waals surface area contributed by atoms with Crippen LogP contribution in [0.15, 0.2) is 12.7 Å². The maximum atomic E-state index is 8.78. The molecule has 0 aromatic rings. The third kappa shape index (κ3) is 110. The van der Waals surface area contributed by atoms with Crippen molar-refractivity contribution in [3.05, 3.63) is 12.7 Å². The minimum absolute atomic E-state index is 1.33. The third-order valence-corrected chi connectivity index (χ3v) is 0. The van der Waals surface area contributed by atoms with Crippen LogP contribution in [0.5, 0.6) is 0 Å². The maximum Gasteiger partial charge on any atom is 0.402 e. The number of nitrogens with two attached hydrogens (primary N) is 2. The molecule has 0 aromatic heterocycles. The van der Waals surface area contributed by atoms with E-state index in [0.29, 0.717) is 0 Å². The molecule has 0 atom stereocenters. The van der Waals surface area contributed by atoms with Crippen LogP contribution in [-0.2, 0) is 0 Å². The Labute approximate surface area is 64.1 Å². The average Bonchev–Trinajstić information content (AvgIpc) is 1.60. The van der Waals surface area contributed by atoms with E-state index in [1.54, 1.807) is 6.08 Å². The summed E-state index contributed by atoms with van der Waals surface area (Å²) in [5.41, 5.74) is 8.06. The quantitative estimate of drug-likeness (QED) is 0.387. The van der Waals surface area contributed by atoms with Gasteiger partial charge in [-0.1, -0.05) is 6.08 Å². The highest BCUT2D eigenvalue weighted by Crippen LogP contribution is 1.38. The van der Waals surface area contributed by atoms with Gasteiger partial charge < -0.3 is 21.7 Å². The Kier molecular flexibility index (Phi) is 23.1. The summed E-state index contributed by atoms with van der Waals surface area (Å²) in [7, 11) is 0. The first kappa shape index (κ1) is 16.1. The fourth-order valence-corrected chi connectivity index (χ4v) is 0. The van der Waals surface area contributed by atoms with E-state index in [9.17, 15) is 0 Å². The van der Waals surface area contributed by atoms with Crippen LogP contribution in [0.1, 0.15) is 6.92 Å². The normalized spacial score (nSPS) is 5.55. The molecule has 0 bridgehead atoms. The van der Waals surface area contributed by atoms with Crippen molar-refractivity contribution in [2.75, 3.05) is 0 Å². The van der Waals surface area contributed by atoms with Gasteiger partial charge in [0.15, 0.2) is 0 Å². The second-order valence-corrected chi connectivity index (χ2v) is 1.08. The van der Waals surface area contributed by atoms with Crippen molar-refractivity contribution in [2.24, 2.45) is 11.5 Å². The van der Waals surface area contributed by atoms with Crippen molar-refractivity contribution in [2.45, 2.75) is 6.92 Å². The zero-order valence-corrected chi connectivity index (χ0v) is 6.15. The first-order valence-corrected chi connectivity index (χ1v) is 2.42. The van der Waals surface area contributed by atoms with E-state index in [1.165, 1.54) is 0 Å². The lowest BCUT2D eigenvalue weighted by molar-refractivity contribution is 0.204. The van der Waals surface area contributed by atoms with Crippen molar-refractivity contribution in [3.8, 4) is 0 Å². The molecular weight excluding hydrogens is 152 g/mol. The highest BCUT2D eigenvalue weighted by Gasteiger charge is 1.65. The van der Waals surface area contributed by atoms with Gasteiger partial charge in [-0.3, -0.25) is 0 Å². The zero-order valence-electron chi connectivity index (χ0n) is 6.15. The molecule has 0 aliphatic carbocycles. The fraction of sp³-hybridized carbons (Fsp3) is 0.200. The predicted octanol–water partition coefficient (Wildman–Crippen LogP) is 0.438. The van der Waals surface area contributed by atoms with E-state index < -0.39 is 12.2 Å². The molecule has 0 spiro atoms. The standard InChI is InChI=1S/C3H6.2CH3NO2/c1-3-2;2*2-1(3)4/h3H,1H2,2H3;2*2H2,(H,3,4). The molecule has 6 N–H and O–H groups in total. The molecule has 6 nitrogen and oxygen atoms in total. The monoisotopic (exact) mass is 164 g/mol. The van der Waals surface area contributed by atoms with Crippen molar-refractivity contribution < 1.29 is 19.8 Å². The van der Waals surface area contributed by atoms with Crippen LogP contribution >= 0.6 is 0 Å². The Balaban J connectivity index is -0.0000000886. The van der Waals surface area contributed by atoms with Crippen LogP contribution in [0.25, 0.3) is 0 Å². The van der Waals surface area contributed by atoms with Gasteiger partial charge in [0.25, 0.3) is 0 Å². The van der Waals surface area contributed by atoms with Crippen LogP contribution < -0.4 is 11.5 Å². The summed E-state index contributed by atoms with van der Waals surface area (Å²) in [5.74, 6) is 0. The highest BCUT2D eigenvalue weighted by atomic mass is 16.4. The SMILES string of the molecule is C=CC.NC(=O)O.NC(=O)O. The molecule has 0 fully saturated rings. The molecule has 0 saturated heterocycles. The van der Waals surface area contributed by atoms with Crippen molar-refractivity contribution in [1.29, 1.82) is 0 Å². The van der Waals surface area contributed by atoms with Gasteiger partial charge in [-0.25, -0.2) is 9.59 Å². The van der Waals surface area contributed by atoms with Crippen LogP contribution in [0, 0.1) is 0 Å². The van der Waals surface area contributed by atoms with E-state index in [0.717, 1.165) is 0 Å². The second kappa shape index (κ2) is 15.7. The predicted molar refractivity (Wildman–Crippen MR) is 40.3 cm³/mol. The Morgan fingerprint density at radius 2 is 1.27 bits per heavy atom. The number of carbonyl (C=O) groups is 2. The second-order valence-electron chi connectivity index (χ2n) is 1.08. The van der Waals surface area contributed by atoms with Gasteiger partial charge in [-0.05, 0) is 6.92 Å². The van der Waals surface area contributed by atoms with Gasteiger partial charge in [0.05, 0.1) is 0 Å². The number of primary amides is 2. The van der Waals surface area contributed by atoms with Crippen LogP contribution in [-0.4, -0.2) is 22.4 Å². The Morgan fingerprint density at radius 1 is 1.27 bits per heavy atom. The summed E-state index contributed by atoms with van der Waals surface area (Å²) in [4.78, 5) is 17.6. The number of carboxylic acid groups (broad SMARTS) is 2. The van der Waals surface area contributed by atoms with Crippen LogP contribution in [0.2, 0.25) is 0 Å². The number of rotatable bonds is 0. The van der Waals surface area contributed by atoms with E-state index in [2.05, 4.69) is 18.0 Å². The third-order valence-electron chi connectivity index (χ3n) is 0. The number of allylic oxidation sites excluding steroid dienone is 1. The Morgan fingerprint density at radius 3 is 1.27 bits per heavy atom. The molecule has 0 heterocycles. The first-order valence-electron chi connectivity index (χ1n) is 2.42. The molecule has 0 unspecified atom stereocenters. The Bertz CT molecular complexity index is 104. The van der Waals surface area contributed by atoms with Gasteiger partial charge in [0, 0.05) is 0 Å². The molecule has 0 rings (SSSR count). The lowest BCUT2D eigenvalue weighted by atomic mass is 10.8. The lowest BCUT2D eigenvalue weighted by Crippen LogP contribution is -2.03. The number of hydrogen-bond donors (Lipinski definition) is 4. The Hall–Kier alpha value is -1.72. The minimum atomic E-state index is -1.33. The molecule has 0 aliphatic rings. The van der Waals surface area contributed by atoms with Gasteiger partial charge in [-0.2, -0.15) is 0 Å². The lowest BCUT2D eigenvalue weighted by Gasteiger charge is -1.61. The van der Waals surface area contributed by atoms with E-state index in [4.69, 9.17) is 19.8 Å². The summed E-state index contributed by atoms with van der Waals surface area (Å²) in [6.07, 6.45) is -0.917. The molecule has 0 radical (unpaired) electrons. The van der Waals surface area contributed by atoms with Gasteiger partial charge >= 0.3 is 12.2 Å². The molecule has 0 aliphatic heterocycles. The summed E-state index contributed by atoms with van der Waals surface area (Å²) in [6.45, 7) is 5.25. The molecule has 0 saturated carbocycles. The smallest absolute Gasteiger partial charge is 0.402 e. The zero-order chi connectivity index (χ0) is 9.86. The number of amides is 2. The molecular formula is C5H12N2O4. The topological polar surface area (TPSA) is 127 Å². The van der Waals surface area contributed by atoms with Crippen LogP contribution in [0.4, 0.5) is 9.59 Å². The van der Waals surface area contributed by atoms with Gasteiger partial charge in [-0.15, -0.1) is 6.58 Å². The van der Waals surface area contributed by atoms with Crippen molar-refractivity contribution in [1.82, 2.24) is 0 Å². The molecule has 6 heteroatoms. The molecule has 66 valence electrons. The summed E-state index contributed by atoms with van der Waals surface area (Å²) in [5, 5.41) is 14.4. The molecule has 0 aromatic carbocycles. The number of hydrogen-bond acceptors (Lipinski definition) is 2. The van der Waals surface area contributed by atoms with E-state index in [-0.39, 0.29) is 0 Å². The largest absolute Gasteiger partial charge is 0.465 e. The van der Waals surface area contributed by atoms with Gasteiger partial charge in [0.2, 0.25) is 0 Å². The van der Waals surface area contributed by atoms with E-state index >= 15 is 0 Å². The first-order chi connectivity index (χ1) is 4.88. The summed E-state index contributed by atoms with van der Waals surface area (Å²) in [6, 6.07) is 0. The van der Waals surface area contributed by atoms with Gasteiger partial charge in [0.1, 0.15) is 0 Å². The summed E-state index contributed by atoms with van der Waals surface area (Å²) >= 11 is 0. The van der Waals surface area contributed by atoms with Crippen LogP contribution in [0.3, 0.4) is 0 Å². The molecule has 2 amide bonds. The minimum Gasteiger partial charge on any atom is -0.465 e. The maximum absolute atomic E-state index is 8.78. The average molecular weight is 164 g/mol. The van der Waals surface area contributed by atoms with Crippen molar-refractivity contribution >= 4 is 12.2 Å². The highest BCUT2D eigenvalue weighted by molar-refractivity contribution is 5.61. The van der Waals surface area contributed by atoms with E-state index in [1.807, 2.05) is 6.92 Å².